The third kappa shape index (κ3) is 2.88. The average Bonchev–Trinajstić information content (AvgIpc) is 3.26. The number of hydrogen-bond donors (Lipinski definition) is 0. The van der Waals surface area contributed by atoms with Crippen molar-refractivity contribution < 1.29 is 18.8 Å². The number of benzene rings is 3. The first-order valence-electron chi connectivity index (χ1n) is 9.75. The van der Waals surface area contributed by atoms with Crippen molar-refractivity contribution in [3.63, 3.8) is 0 Å². The summed E-state index contributed by atoms with van der Waals surface area (Å²) in [6.07, 6.45) is -0.937. The number of hydroxylamine groups is 1. The minimum atomic E-state index is -0.937. The van der Waals surface area contributed by atoms with Crippen LogP contribution in [-0.4, -0.2) is 17.9 Å². The van der Waals surface area contributed by atoms with E-state index in [1.54, 1.807) is 29.3 Å². The molecule has 2 amide bonds. The summed E-state index contributed by atoms with van der Waals surface area (Å²) in [6, 6.07) is 22.0. The number of rotatable bonds is 3. The minimum Gasteiger partial charge on any atom is -0.273 e. The van der Waals surface area contributed by atoms with Crippen molar-refractivity contribution >= 4 is 23.2 Å². The Labute approximate surface area is 173 Å². The van der Waals surface area contributed by atoms with E-state index in [0.717, 1.165) is 11.3 Å². The van der Waals surface area contributed by atoms with Crippen LogP contribution >= 0.6 is 0 Å². The number of amides is 2. The molecule has 3 aromatic rings. The highest BCUT2D eigenvalue weighted by Crippen LogP contribution is 2.47. The summed E-state index contributed by atoms with van der Waals surface area (Å²) < 4.78 is 13.5. The van der Waals surface area contributed by atoms with E-state index >= 15 is 0 Å². The van der Waals surface area contributed by atoms with Gasteiger partial charge in [-0.15, -0.1) is 0 Å². The second-order valence-electron chi connectivity index (χ2n) is 7.56. The predicted molar refractivity (Wildman–Crippen MR) is 110 cm³/mol. The van der Waals surface area contributed by atoms with Gasteiger partial charge >= 0.3 is 0 Å². The summed E-state index contributed by atoms with van der Waals surface area (Å²) in [5, 5.41) is 1.60. The third-order valence-electron chi connectivity index (χ3n) is 5.60. The summed E-state index contributed by atoms with van der Waals surface area (Å²) in [7, 11) is 0. The first kappa shape index (κ1) is 18.5. The molecule has 2 saturated heterocycles. The van der Waals surface area contributed by atoms with Crippen LogP contribution in [0.2, 0.25) is 0 Å². The third-order valence-corrected chi connectivity index (χ3v) is 5.60. The average molecular weight is 402 g/mol. The molecule has 0 spiro atoms. The van der Waals surface area contributed by atoms with Crippen LogP contribution in [0.4, 0.5) is 15.8 Å². The molecule has 0 unspecified atom stereocenters. The van der Waals surface area contributed by atoms with Gasteiger partial charge in [0.2, 0.25) is 5.91 Å². The number of halogens is 1. The lowest BCUT2D eigenvalue weighted by atomic mass is 9.90. The standard InChI is InChI=1S/C24H19FN2O3/c1-15-6-5-9-19(14-15)26-23(28)20-21(16-10-12-17(25)13-11-16)27(30-22(20)24(26)29)18-7-3-2-4-8-18/h2-14,20-22H,1H3/t20-,21-,22+/m1/s1. The summed E-state index contributed by atoms with van der Waals surface area (Å²) in [4.78, 5) is 33.9. The molecule has 5 rings (SSSR count). The molecule has 5 nitrogen and oxygen atoms in total. The molecule has 0 bridgehead atoms. The predicted octanol–water partition coefficient (Wildman–Crippen LogP) is 4.19. The fourth-order valence-corrected chi connectivity index (χ4v) is 4.23. The zero-order chi connectivity index (χ0) is 20.8. The van der Waals surface area contributed by atoms with Crippen molar-refractivity contribution in [2.75, 3.05) is 9.96 Å². The van der Waals surface area contributed by atoms with Crippen LogP contribution < -0.4 is 9.96 Å². The Morgan fingerprint density at radius 3 is 2.23 bits per heavy atom. The van der Waals surface area contributed by atoms with Crippen LogP contribution in [0.3, 0.4) is 0 Å². The Kier molecular flexibility index (Phi) is 4.37. The highest BCUT2D eigenvalue weighted by Gasteiger charge is 2.60. The number of nitrogens with zero attached hydrogens (tertiary/aromatic N) is 2. The fraction of sp³-hybridized carbons (Fsp3) is 0.167. The highest BCUT2D eigenvalue weighted by atomic mass is 19.1. The smallest absolute Gasteiger partial charge is 0.266 e. The van der Waals surface area contributed by atoms with Gasteiger partial charge in [0.25, 0.3) is 5.91 Å². The van der Waals surface area contributed by atoms with Crippen molar-refractivity contribution in [3.05, 3.63) is 95.8 Å². The Balaban J connectivity index is 1.59. The Morgan fingerprint density at radius 1 is 0.833 bits per heavy atom. The maximum atomic E-state index is 13.5. The largest absolute Gasteiger partial charge is 0.273 e. The number of imide groups is 1. The summed E-state index contributed by atoms with van der Waals surface area (Å²) in [5.74, 6) is -1.80. The van der Waals surface area contributed by atoms with Crippen molar-refractivity contribution in [1.29, 1.82) is 0 Å². The van der Waals surface area contributed by atoms with Crippen LogP contribution in [0.5, 0.6) is 0 Å². The van der Waals surface area contributed by atoms with Crippen LogP contribution in [-0.2, 0) is 14.4 Å². The number of para-hydroxylation sites is 1. The van der Waals surface area contributed by atoms with Gasteiger partial charge < -0.3 is 0 Å². The topological polar surface area (TPSA) is 49.9 Å². The maximum absolute atomic E-state index is 13.5. The molecule has 3 atom stereocenters. The van der Waals surface area contributed by atoms with Crippen LogP contribution in [0.25, 0.3) is 0 Å². The van der Waals surface area contributed by atoms with E-state index in [4.69, 9.17) is 4.84 Å². The van der Waals surface area contributed by atoms with Crippen LogP contribution in [0.15, 0.2) is 78.9 Å². The van der Waals surface area contributed by atoms with Crippen molar-refractivity contribution in [2.45, 2.75) is 19.1 Å². The molecular formula is C24H19FN2O3. The Bertz CT molecular complexity index is 1120. The fourth-order valence-electron chi connectivity index (χ4n) is 4.23. The molecule has 2 aliphatic heterocycles. The van der Waals surface area contributed by atoms with E-state index in [1.807, 2.05) is 49.4 Å². The lowest BCUT2D eigenvalue weighted by Gasteiger charge is -2.28. The number of fused-ring (bicyclic) bond motifs is 1. The van der Waals surface area contributed by atoms with Gasteiger partial charge in [0.1, 0.15) is 11.7 Å². The van der Waals surface area contributed by atoms with Gasteiger partial charge in [-0.05, 0) is 54.4 Å². The summed E-state index contributed by atoms with van der Waals surface area (Å²) in [5.41, 5.74) is 2.92. The van der Waals surface area contributed by atoms with Gasteiger partial charge in [0, 0.05) is 0 Å². The maximum Gasteiger partial charge on any atom is 0.266 e. The first-order valence-corrected chi connectivity index (χ1v) is 9.75. The van der Waals surface area contributed by atoms with Crippen molar-refractivity contribution in [2.24, 2.45) is 5.92 Å². The van der Waals surface area contributed by atoms with Crippen LogP contribution in [0, 0.1) is 18.7 Å². The summed E-state index contributed by atoms with van der Waals surface area (Å²) >= 11 is 0. The number of carbonyl (C=O) groups excluding carboxylic acids is 2. The second-order valence-corrected chi connectivity index (χ2v) is 7.56. The quantitative estimate of drug-likeness (QED) is 0.617. The Morgan fingerprint density at radius 2 is 1.53 bits per heavy atom. The van der Waals surface area contributed by atoms with E-state index in [9.17, 15) is 14.0 Å². The number of carbonyl (C=O) groups is 2. The molecule has 0 N–H and O–H groups in total. The molecule has 0 saturated carbocycles. The van der Waals surface area contributed by atoms with Gasteiger partial charge in [0.15, 0.2) is 6.10 Å². The highest BCUT2D eigenvalue weighted by molar-refractivity contribution is 6.23. The monoisotopic (exact) mass is 402 g/mol. The molecule has 6 heteroatoms. The van der Waals surface area contributed by atoms with E-state index in [0.29, 0.717) is 11.3 Å². The van der Waals surface area contributed by atoms with Gasteiger partial charge in [-0.1, -0.05) is 42.5 Å². The second kappa shape index (κ2) is 7.07. The van der Waals surface area contributed by atoms with Gasteiger partial charge in [-0.3, -0.25) is 14.4 Å². The molecule has 3 aromatic carbocycles. The molecule has 2 fully saturated rings. The van der Waals surface area contributed by atoms with Crippen molar-refractivity contribution in [1.82, 2.24) is 0 Å². The summed E-state index contributed by atoms with van der Waals surface area (Å²) in [6.45, 7) is 1.91. The normalized spacial score (nSPS) is 23.2. The molecule has 150 valence electrons. The minimum absolute atomic E-state index is 0.316. The Hall–Kier alpha value is -3.51. The molecule has 0 aromatic heterocycles. The molecule has 2 aliphatic rings. The molecule has 2 heterocycles. The van der Waals surface area contributed by atoms with E-state index in [2.05, 4.69) is 0 Å². The SMILES string of the molecule is Cc1cccc(N2C(=O)[C@H]3[C@H](ON(c4ccccc4)[C@@H]3c3ccc(F)cc3)C2=O)c1. The van der Waals surface area contributed by atoms with Crippen LogP contribution in [0.1, 0.15) is 17.2 Å². The number of anilines is 2. The molecule has 30 heavy (non-hydrogen) atoms. The molecule has 0 radical (unpaired) electrons. The van der Waals surface area contributed by atoms with Crippen molar-refractivity contribution in [3.8, 4) is 0 Å². The first-order chi connectivity index (χ1) is 14.5. The van der Waals surface area contributed by atoms with Gasteiger partial charge in [-0.2, -0.15) is 0 Å². The molecular weight excluding hydrogens is 383 g/mol. The zero-order valence-electron chi connectivity index (χ0n) is 16.2. The van der Waals surface area contributed by atoms with E-state index < -0.39 is 18.1 Å². The van der Waals surface area contributed by atoms with E-state index in [1.165, 1.54) is 17.0 Å². The lowest BCUT2D eigenvalue weighted by Crippen LogP contribution is -2.37. The van der Waals surface area contributed by atoms with Gasteiger partial charge in [0.05, 0.1) is 17.4 Å². The van der Waals surface area contributed by atoms with Gasteiger partial charge in [-0.25, -0.2) is 14.4 Å². The zero-order valence-corrected chi connectivity index (χ0v) is 16.2. The molecule has 0 aliphatic carbocycles. The number of aryl methyl sites for hydroxylation is 1. The lowest BCUT2D eigenvalue weighted by molar-refractivity contribution is -0.126. The number of hydrogen-bond acceptors (Lipinski definition) is 4. The van der Waals surface area contributed by atoms with E-state index in [-0.39, 0.29) is 17.6 Å².